The van der Waals surface area contributed by atoms with E-state index in [0.717, 1.165) is 40.6 Å². The molecule has 1 heterocycles. The molecule has 1 aromatic heterocycles. The van der Waals surface area contributed by atoms with Crippen LogP contribution in [0.2, 0.25) is 0 Å². The number of carbonyl (C=O) groups is 1. The van der Waals surface area contributed by atoms with Gasteiger partial charge in [0.2, 0.25) is 0 Å². The summed E-state index contributed by atoms with van der Waals surface area (Å²) in [5.41, 5.74) is 3.80. The Balaban J connectivity index is 1.38. The molecule has 2 N–H and O–H groups in total. The van der Waals surface area contributed by atoms with Crippen LogP contribution in [0, 0.1) is 23.7 Å². The van der Waals surface area contributed by atoms with Gasteiger partial charge in [0.15, 0.2) is 0 Å². The molecule has 0 saturated heterocycles. The highest BCUT2D eigenvalue weighted by molar-refractivity contribution is 5.92. The van der Waals surface area contributed by atoms with Crippen LogP contribution >= 0.6 is 0 Å². The average molecular weight is 406 g/mol. The first-order chi connectivity index (χ1) is 14.7. The fourth-order valence-electron chi connectivity index (χ4n) is 6.20. The Kier molecular flexibility index (Phi) is 5.36. The molecule has 0 radical (unpaired) electrons. The lowest BCUT2D eigenvalue weighted by Gasteiger charge is -2.54. The predicted octanol–water partition coefficient (Wildman–Crippen LogP) is 5.11. The summed E-state index contributed by atoms with van der Waals surface area (Å²) in [6, 6.07) is 10.4. The van der Waals surface area contributed by atoms with Crippen LogP contribution in [0.3, 0.4) is 0 Å². The molecule has 2 aromatic rings. The summed E-state index contributed by atoms with van der Waals surface area (Å²) in [5, 5.41) is 7.44. The van der Waals surface area contributed by atoms with Crippen LogP contribution in [0.5, 0.6) is 0 Å². The Hall–Kier alpha value is -2.56. The minimum absolute atomic E-state index is 0.273. The first-order valence-corrected chi connectivity index (χ1v) is 11.4. The number of rotatable bonds is 7. The molecule has 5 heteroatoms. The number of hydrogen-bond acceptors (Lipinski definition) is 5. The standard InChI is InChI=1S/C25H31N3O2/c1-2-30-25(29)19-3-4-22(23(14-19)27-15-16-5-7-26-8-6-16)28-24-20-10-17-9-18(12-20)13-21(24)11-17/h3-8,14,17-18,20-21,24,27-28H,2,9-13,15H2,1H3. The largest absolute Gasteiger partial charge is 0.462 e. The molecular formula is C25H31N3O2. The smallest absolute Gasteiger partial charge is 0.338 e. The number of esters is 1. The van der Waals surface area contributed by atoms with Crippen molar-refractivity contribution >= 4 is 17.3 Å². The van der Waals surface area contributed by atoms with Gasteiger partial charge in [-0.25, -0.2) is 4.79 Å². The number of hydrogen-bond donors (Lipinski definition) is 2. The van der Waals surface area contributed by atoms with Gasteiger partial charge in [-0.2, -0.15) is 0 Å². The Labute approximate surface area is 178 Å². The second kappa shape index (κ2) is 8.29. The number of anilines is 2. The molecule has 0 aliphatic heterocycles. The van der Waals surface area contributed by atoms with Gasteiger partial charge in [-0.1, -0.05) is 0 Å². The molecule has 4 saturated carbocycles. The van der Waals surface area contributed by atoms with E-state index in [2.05, 4.69) is 15.6 Å². The molecule has 158 valence electrons. The summed E-state index contributed by atoms with van der Waals surface area (Å²) in [4.78, 5) is 16.4. The average Bonchev–Trinajstić information content (AvgIpc) is 2.75. The number of nitrogens with zero attached hydrogens (tertiary/aromatic N) is 1. The van der Waals surface area contributed by atoms with Crippen LogP contribution in [-0.4, -0.2) is 23.6 Å². The van der Waals surface area contributed by atoms with Gasteiger partial charge in [-0.15, -0.1) is 0 Å². The van der Waals surface area contributed by atoms with E-state index in [1.807, 2.05) is 37.3 Å². The second-order valence-electron chi connectivity index (χ2n) is 9.29. The normalized spacial score (nSPS) is 28.9. The molecule has 5 nitrogen and oxygen atoms in total. The first-order valence-electron chi connectivity index (χ1n) is 11.4. The number of benzene rings is 1. The van der Waals surface area contributed by atoms with Crippen LogP contribution in [0.25, 0.3) is 0 Å². The highest BCUT2D eigenvalue weighted by Gasteiger charge is 2.48. The van der Waals surface area contributed by atoms with Crippen LogP contribution in [0.4, 0.5) is 11.4 Å². The van der Waals surface area contributed by atoms with E-state index in [-0.39, 0.29) is 5.97 Å². The third kappa shape index (κ3) is 3.90. The van der Waals surface area contributed by atoms with Crippen molar-refractivity contribution in [1.82, 2.24) is 4.98 Å². The molecule has 0 unspecified atom stereocenters. The van der Waals surface area contributed by atoms with Crippen molar-refractivity contribution in [2.75, 3.05) is 17.2 Å². The fraction of sp³-hybridized carbons (Fsp3) is 0.520. The second-order valence-corrected chi connectivity index (χ2v) is 9.29. The van der Waals surface area contributed by atoms with Gasteiger partial charge in [0.25, 0.3) is 0 Å². The van der Waals surface area contributed by atoms with Crippen LogP contribution < -0.4 is 10.6 Å². The van der Waals surface area contributed by atoms with Crippen molar-refractivity contribution in [3.05, 3.63) is 53.9 Å². The number of carbonyl (C=O) groups excluding carboxylic acids is 1. The van der Waals surface area contributed by atoms with Gasteiger partial charge < -0.3 is 15.4 Å². The van der Waals surface area contributed by atoms with E-state index in [0.29, 0.717) is 24.8 Å². The molecule has 0 atom stereocenters. The summed E-state index contributed by atoms with van der Waals surface area (Å²) in [7, 11) is 0. The Bertz CT molecular complexity index is 871. The van der Waals surface area contributed by atoms with Crippen LogP contribution in [0.1, 0.15) is 54.9 Å². The Morgan fingerprint density at radius 1 is 1.00 bits per heavy atom. The van der Waals surface area contributed by atoms with Crippen molar-refractivity contribution in [3.8, 4) is 0 Å². The monoisotopic (exact) mass is 405 g/mol. The lowest BCUT2D eigenvalue weighted by atomic mass is 9.54. The number of nitrogens with one attached hydrogen (secondary N) is 2. The molecule has 4 aliphatic rings. The van der Waals surface area contributed by atoms with Gasteiger partial charge in [0.1, 0.15) is 0 Å². The third-order valence-corrected chi connectivity index (χ3v) is 7.31. The fourth-order valence-corrected chi connectivity index (χ4v) is 6.20. The zero-order chi connectivity index (χ0) is 20.5. The molecule has 6 rings (SSSR count). The van der Waals surface area contributed by atoms with Gasteiger partial charge >= 0.3 is 5.97 Å². The van der Waals surface area contributed by atoms with Crippen molar-refractivity contribution in [2.24, 2.45) is 23.7 Å². The SMILES string of the molecule is CCOC(=O)c1ccc(NC2C3CC4CC(C3)CC2C4)c(NCc2ccncc2)c1. The zero-order valence-electron chi connectivity index (χ0n) is 17.6. The first kappa shape index (κ1) is 19.4. The van der Waals surface area contributed by atoms with Crippen LogP contribution in [-0.2, 0) is 11.3 Å². The van der Waals surface area contributed by atoms with Gasteiger partial charge in [0.05, 0.1) is 23.5 Å². The van der Waals surface area contributed by atoms with E-state index >= 15 is 0 Å². The van der Waals surface area contributed by atoms with Crippen molar-refractivity contribution in [2.45, 2.75) is 51.6 Å². The van der Waals surface area contributed by atoms with E-state index in [1.165, 1.54) is 32.1 Å². The third-order valence-electron chi connectivity index (χ3n) is 7.31. The molecule has 0 amide bonds. The van der Waals surface area contributed by atoms with Crippen molar-refractivity contribution in [3.63, 3.8) is 0 Å². The van der Waals surface area contributed by atoms with Gasteiger partial charge in [-0.3, -0.25) is 4.98 Å². The number of aromatic nitrogens is 1. The topological polar surface area (TPSA) is 63.2 Å². The highest BCUT2D eigenvalue weighted by Crippen LogP contribution is 2.54. The summed E-state index contributed by atoms with van der Waals surface area (Å²) in [6.07, 6.45) is 10.6. The van der Waals surface area contributed by atoms with Gasteiger partial charge in [-0.05, 0) is 98.6 Å². The van der Waals surface area contributed by atoms with Gasteiger partial charge in [0, 0.05) is 25.0 Å². The summed E-state index contributed by atoms with van der Waals surface area (Å²) >= 11 is 0. The van der Waals surface area contributed by atoms with Crippen LogP contribution in [0.15, 0.2) is 42.7 Å². The summed E-state index contributed by atoms with van der Waals surface area (Å²) in [5.74, 6) is 3.23. The van der Waals surface area contributed by atoms with Crippen molar-refractivity contribution in [1.29, 1.82) is 0 Å². The zero-order valence-corrected chi connectivity index (χ0v) is 17.6. The lowest BCUT2D eigenvalue weighted by molar-refractivity contribution is 0.00756. The summed E-state index contributed by atoms with van der Waals surface area (Å²) in [6.45, 7) is 2.90. The predicted molar refractivity (Wildman–Crippen MR) is 118 cm³/mol. The molecule has 30 heavy (non-hydrogen) atoms. The number of pyridine rings is 1. The van der Waals surface area contributed by atoms with E-state index in [9.17, 15) is 4.79 Å². The minimum Gasteiger partial charge on any atom is -0.462 e. The van der Waals surface area contributed by atoms with Crippen molar-refractivity contribution < 1.29 is 9.53 Å². The Morgan fingerprint density at radius 2 is 1.70 bits per heavy atom. The molecule has 0 spiro atoms. The molecule has 1 aromatic carbocycles. The number of ether oxygens (including phenoxy) is 1. The highest BCUT2D eigenvalue weighted by atomic mass is 16.5. The molecule has 4 aliphatic carbocycles. The van der Waals surface area contributed by atoms with E-state index < -0.39 is 0 Å². The maximum absolute atomic E-state index is 12.3. The molecule has 4 fully saturated rings. The minimum atomic E-state index is -0.273. The summed E-state index contributed by atoms with van der Waals surface area (Å²) < 4.78 is 5.22. The maximum Gasteiger partial charge on any atom is 0.338 e. The lowest BCUT2D eigenvalue weighted by Crippen LogP contribution is -2.51. The quantitative estimate of drug-likeness (QED) is 0.627. The maximum atomic E-state index is 12.3. The molecule has 4 bridgehead atoms. The van der Waals surface area contributed by atoms with E-state index in [4.69, 9.17) is 4.74 Å². The molecular weight excluding hydrogens is 374 g/mol. The van der Waals surface area contributed by atoms with E-state index in [1.54, 1.807) is 12.4 Å². The Morgan fingerprint density at radius 3 is 2.37 bits per heavy atom.